The van der Waals surface area contributed by atoms with Crippen molar-refractivity contribution < 1.29 is 4.74 Å². The molecule has 2 nitrogen and oxygen atoms in total. The van der Waals surface area contributed by atoms with Gasteiger partial charge in [0.2, 0.25) is 0 Å². The lowest BCUT2D eigenvalue weighted by Gasteiger charge is -2.33. The Labute approximate surface area is 63.2 Å². The lowest BCUT2D eigenvalue weighted by molar-refractivity contribution is -0.0938. The molecule has 1 unspecified atom stereocenters. The molecule has 0 N–H and O–H groups in total. The zero-order valence-corrected chi connectivity index (χ0v) is 6.97. The van der Waals surface area contributed by atoms with Gasteiger partial charge in [0.25, 0.3) is 0 Å². The highest BCUT2D eigenvalue weighted by Gasteiger charge is 2.18. The van der Waals surface area contributed by atoms with Gasteiger partial charge in [0.05, 0.1) is 0 Å². The van der Waals surface area contributed by atoms with Gasteiger partial charge in [0.1, 0.15) is 6.23 Å². The fourth-order valence-electron chi connectivity index (χ4n) is 1.47. The number of nitrogens with zero attached hydrogens (tertiary/aromatic N) is 1. The molecule has 1 saturated heterocycles. The Hall–Kier alpha value is -0.0800. The van der Waals surface area contributed by atoms with E-state index < -0.39 is 0 Å². The quantitative estimate of drug-likeness (QED) is 0.580. The molecule has 0 radical (unpaired) electrons. The van der Waals surface area contributed by atoms with Gasteiger partial charge in [-0.3, -0.25) is 4.90 Å². The predicted octanol–water partition coefficient (Wildman–Crippen LogP) is 1.46. The number of rotatable bonds is 2. The molecular weight excluding hydrogens is 126 g/mol. The zero-order valence-electron chi connectivity index (χ0n) is 6.97. The molecule has 0 aliphatic carbocycles. The minimum Gasteiger partial charge on any atom is -0.363 e. The molecule has 0 aromatic carbocycles. The first-order chi connectivity index (χ1) is 4.88. The van der Waals surface area contributed by atoms with Crippen LogP contribution in [0.1, 0.15) is 26.7 Å². The van der Waals surface area contributed by atoms with Crippen molar-refractivity contribution in [1.82, 2.24) is 4.90 Å². The average molecular weight is 143 g/mol. The molecule has 0 spiro atoms. The van der Waals surface area contributed by atoms with Crippen LogP contribution < -0.4 is 0 Å². The standard InChI is InChI=1S/C8H17NO/c1-3-8-9(4-2)6-5-7-10-8/h8H,3-7H2,1-2H3. The molecule has 1 aliphatic rings. The molecule has 0 bridgehead atoms. The summed E-state index contributed by atoms with van der Waals surface area (Å²) < 4.78 is 5.56. The first kappa shape index (κ1) is 8.02. The van der Waals surface area contributed by atoms with Crippen molar-refractivity contribution in [3.8, 4) is 0 Å². The maximum atomic E-state index is 5.56. The van der Waals surface area contributed by atoms with Crippen molar-refractivity contribution in [2.24, 2.45) is 0 Å². The van der Waals surface area contributed by atoms with Crippen LogP contribution in [0.3, 0.4) is 0 Å². The highest BCUT2D eigenvalue weighted by atomic mass is 16.5. The first-order valence-corrected chi connectivity index (χ1v) is 4.24. The van der Waals surface area contributed by atoms with E-state index in [4.69, 9.17) is 4.74 Å². The van der Waals surface area contributed by atoms with Crippen molar-refractivity contribution >= 4 is 0 Å². The van der Waals surface area contributed by atoms with Crippen molar-refractivity contribution in [3.63, 3.8) is 0 Å². The highest BCUT2D eigenvalue weighted by Crippen LogP contribution is 2.11. The molecular formula is C8H17NO. The summed E-state index contributed by atoms with van der Waals surface area (Å²) in [4.78, 5) is 2.39. The van der Waals surface area contributed by atoms with Gasteiger partial charge in [0.15, 0.2) is 0 Å². The van der Waals surface area contributed by atoms with Crippen molar-refractivity contribution in [2.45, 2.75) is 32.9 Å². The second-order valence-electron chi connectivity index (χ2n) is 2.72. The Bertz CT molecular complexity index is 83.3. The molecule has 1 fully saturated rings. The molecule has 2 heteroatoms. The third-order valence-corrected chi connectivity index (χ3v) is 2.06. The van der Waals surface area contributed by atoms with E-state index in [2.05, 4.69) is 18.7 Å². The summed E-state index contributed by atoms with van der Waals surface area (Å²) in [5, 5.41) is 0. The van der Waals surface area contributed by atoms with Gasteiger partial charge >= 0.3 is 0 Å². The maximum Gasteiger partial charge on any atom is 0.110 e. The van der Waals surface area contributed by atoms with E-state index in [0.29, 0.717) is 6.23 Å². The Morgan fingerprint density at radius 1 is 1.50 bits per heavy atom. The van der Waals surface area contributed by atoms with Crippen LogP contribution in [0.25, 0.3) is 0 Å². The number of hydrogen-bond acceptors (Lipinski definition) is 2. The molecule has 60 valence electrons. The van der Waals surface area contributed by atoms with E-state index in [1.165, 1.54) is 13.0 Å². The van der Waals surface area contributed by atoms with Gasteiger partial charge < -0.3 is 4.74 Å². The third kappa shape index (κ3) is 1.70. The van der Waals surface area contributed by atoms with Crippen LogP contribution in [0.5, 0.6) is 0 Å². The fourth-order valence-corrected chi connectivity index (χ4v) is 1.47. The van der Waals surface area contributed by atoms with Crippen molar-refractivity contribution in [1.29, 1.82) is 0 Å². The average Bonchev–Trinajstić information content (AvgIpc) is 2.04. The summed E-state index contributed by atoms with van der Waals surface area (Å²) in [6.07, 6.45) is 2.72. The van der Waals surface area contributed by atoms with Gasteiger partial charge in [0, 0.05) is 13.2 Å². The summed E-state index contributed by atoms with van der Waals surface area (Å²) in [6.45, 7) is 7.67. The summed E-state index contributed by atoms with van der Waals surface area (Å²) >= 11 is 0. The van der Waals surface area contributed by atoms with Crippen LogP contribution in [-0.2, 0) is 4.74 Å². The molecule has 0 saturated carbocycles. The van der Waals surface area contributed by atoms with Crippen molar-refractivity contribution in [3.05, 3.63) is 0 Å². The van der Waals surface area contributed by atoms with Crippen LogP contribution in [0.2, 0.25) is 0 Å². The molecule has 0 aromatic heterocycles. The van der Waals surface area contributed by atoms with Gasteiger partial charge in [-0.2, -0.15) is 0 Å². The minimum absolute atomic E-state index is 0.402. The molecule has 0 amide bonds. The van der Waals surface area contributed by atoms with Crippen LogP contribution in [0, 0.1) is 0 Å². The van der Waals surface area contributed by atoms with Gasteiger partial charge in [-0.1, -0.05) is 13.8 Å². The molecule has 1 heterocycles. The highest BCUT2D eigenvalue weighted by molar-refractivity contribution is 4.64. The van der Waals surface area contributed by atoms with Crippen LogP contribution in [-0.4, -0.2) is 30.8 Å². The van der Waals surface area contributed by atoms with E-state index in [1.54, 1.807) is 0 Å². The van der Waals surface area contributed by atoms with Crippen LogP contribution in [0.4, 0.5) is 0 Å². The van der Waals surface area contributed by atoms with E-state index >= 15 is 0 Å². The largest absolute Gasteiger partial charge is 0.363 e. The lowest BCUT2D eigenvalue weighted by Crippen LogP contribution is -2.41. The van der Waals surface area contributed by atoms with Gasteiger partial charge in [-0.15, -0.1) is 0 Å². The third-order valence-electron chi connectivity index (χ3n) is 2.06. The molecule has 1 atom stereocenters. The normalized spacial score (nSPS) is 28.8. The second kappa shape index (κ2) is 3.94. The minimum atomic E-state index is 0.402. The first-order valence-electron chi connectivity index (χ1n) is 4.24. The van der Waals surface area contributed by atoms with Gasteiger partial charge in [-0.05, 0) is 19.4 Å². The second-order valence-corrected chi connectivity index (χ2v) is 2.72. The number of hydrogen-bond donors (Lipinski definition) is 0. The lowest BCUT2D eigenvalue weighted by atomic mass is 10.3. The summed E-state index contributed by atoms with van der Waals surface area (Å²) in [5.74, 6) is 0. The van der Waals surface area contributed by atoms with E-state index in [9.17, 15) is 0 Å². The van der Waals surface area contributed by atoms with Crippen LogP contribution >= 0.6 is 0 Å². The molecule has 0 aromatic rings. The zero-order chi connectivity index (χ0) is 7.40. The van der Waals surface area contributed by atoms with Crippen molar-refractivity contribution in [2.75, 3.05) is 19.7 Å². The SMILES string of the molecule is CCC1OCCCN1CC. The smallest absolute Gasteiger partial charge is 0.110 e. The fraction of sp³-hybridized carbons (Fsp3) is 1.00. The number of ether oxygens (including phenoxy) is 1. The topological polar surface area (TPSA) is 12.5 Å². The van der Waals surface area contributed by atoms with E-state index in [1.807, 2.05) is 0 Å². The summed E-state index contributed by atoms with van der Waals surface area (Å²) in [6, 6.07) is 0. The molecule has 1 aliphatic heterocycles. The van der Waals surface area contributed by atoms with E-state index in [-0.39, 0.29) is 0 Å². The predicted molar refractivity (Wildman–Crippen MR) is 41.9 cm³/mol. The summed E-state index contributed by atoms with van der Waals surface area (Å²) in [7, 11) is 0. The Morgan fingerprint density at radius 3 is 2.80 bits per heavy atom. The Balaban J connectivity index is 2.34. The van der Waals surface area contributed by atoms with E-state index in [0.717, 1.165) is 19.6 Å². The summed E-state index contributed by atoms with van der Waals surface area (Å²) in [5.41, 5.74) is 0. The van der Waals surface area contributed by atoms with Crippen LogP contribution in [0.15, 0.2) is 0 Å². The Kier molecular flexibility index (Phi) is 3.16. The monoisotopic (exact) mass is 143 g/mol. The Morgan fingerprint density at radius 2 is 2.30 bits per heavy atom. The molecule has 10 heavy (non-hydrogen) atoms. The molecule has 1 rings (SSSR count). The maximum absolute atomic E-state index is 5.56. The van der Waals surface area contributed by atoms with Gasteiger partial charge in [-0.25, -0.2) is 0 Å².